The predicted octanol–water partition coefficient (Wildman–Crippen LogP) is 4.19. The Kier molecular flexibility index (Phi) is 7.09. The van der Waals surface area contributed by atoms with Crippen LogP contribution in [0.4, 0.5) is 0 Å². The van der Waals surface area contributed by atoms with Crippen molar-refractivity contribution < 1.29 is 17.9 Å². The largest absolute Gasteiger partial charge is 0.481 e. The molecule has 2 aromatic carbocycles. The van der Waals surface area contributed by atoms with Crippen LogP contribution in [0.5, 0.6) is 5.75 Å². The molecule has 0 radical (unpaired) electrons. The number of carbonyl (C=O) groups excluding carboxylic acids is 1. The second-order valence-electron chi connectivity index (χ2n) is 7.86. The number of benzene rings is 2. The molecule has 0 aliphatic carbocycles. The minimum absolute atomic E-state index is 0.00143. The van der Waals surface area contributed by atoms with Crippen LogP contribution in [0.25, 0.3) is 0 Å². The Labute approximate surface area is 183 Å². The Bertz CT molecular complexity index is 1000. The molecule has 1 fully saturated rings. The maximum absolute atomic E-state index is 13.3. The second kappa shape index (κ2) is 9.40. The van der Waals surface area contributed by atoms with E-state index in [-0.39, 0.29) is 23.5 Å². The van der Waals surface area contributed by atoms with E-state index in [1.807, 2.05) is 31.2 Å². The number of halogens is 1. The van der Waals surface area contributed by atoms with Gasteiger partial charge >= 0.3 is 0 Å². The lowest BCUT2D eigenvalue weighted by atomic mass is 10.1. The Morgan fingerprint density at radius 3 is 2.43 bits per heavy atom. The Hall–Kier alpha value is -2.05. The van der Waals surface area contributed by atoms with Crippen LogP contribution in [-0.2, 0) is 27.6 Å². The normalized spacial score (nSPS) is 18.7. The van der Waals surface area contributed by atoms with E-state index in [9.17, 15) is 13.2 Å². The fourth-order valence-corrected chi connectivity index (χ4v) is 5.51. The number of ether oxygens (including phenoxy) is 1. The van der Waals surface area contributed by atoms with Crippen LogP contribution in [0, 0.1) is 6.92 Å². The number of hydrogen-bond acceptors (Lipinski definition) is 4. The number of carbonyl (C=O) groups is 1. The van der Waals surface area contributed by atoms with Gasteiger partial charge in [-0.15, -0.1) is 0 Å². The van der Waals surface area contributed by atoms with Crippen molar-refractivity contribution >= 4 is 27.3 Å². The van der Waals surface area contributed by atoms with Crippen LogP contribution in [0.3, 0.4) is 0 Å². The lowest BCUT2D eigenvalue weighted by molar-refractivity contribution is -0.140. The third kappa shape index (κ3) is 5.55. The summed E-state index contributed by atoms with van der Waals surface area (Å²) in [5.41, 5.74) is 3.05. The highest BCUT2D eigenvalue weighted by Crippen LogP contribution is 2.25. The van der Waals surface area contributed by atoms with Gasteiger partial charge in [0.15, 0.2) is 15.9 Å². The zero-order valence-electron chi connectivity index (χ0n) is 17.6. The summed E-state index contributed by atoms with van der Waals surface area (Å²) in [6.45, 7) is 6.02. The van der Waals surface area contributed by atoms with E-state index in [2.05, 4.69) is 6.92 Å². The van der Waals surface area contributed by atoms with Gasteiger partial charge in [0.25, 0.3) is 5.91 Å². The van der Waals surface area contributed by atoms with E-state index < -0.39 is 15.9 Å². The average molecular weight is 450 g/mol. The molecule has 3 rings (SSSR count). The van der Waals surface area contributed by atoms with Gasteiger partial charge in [-0.05, 0) is 61.6 Å². The number of aryl methyl sites for hydroxylation is 2. The zero-order chi connectivity index (χ0) is 21.9. The molecule has 0 saturated carbocycles. The van der Waals surface area contributed by atoms with Crippen LogP contribution in [0.1, 0.15) is 37.0 Å². The molecule has 162 valence electrons. The van der Waals surface area contributed by atoms with E-state index >= 15 is 0 Å². The maximum Gasteiger partial charge on any atom is 0.263 e. The van der Waals surface area contributed by atoms with Crippen LogP contribution >= 0.6 is 11.6 Å². The van der Waals surface area contributed by atoms with Crippen molar-refractivity contribution in [3.8, 4) is 5.75 Å². The molecule has 0 N–H and O–H groups in total. The molecule has 2 aromatic rings. The lowest BCUT2D eigenvalue weighted by Gasteiger charge is -2.31. The summed E-state index contributed by atoms with van der Waals surface area (Å²) < 4.78 is 30.0. The summed E-state index contributed by atoms with van der Waals surface area (Å²) >= 11 is 6.07. The standard InChI is InChI=1S/C23H28ClNO4S/c1-4-18-5-7-19(8-6-18)14-25(20-11-12-30(27,28)15-20)23(26)17(3)29-21-9-10-22(24)16(2)13-21/h5-10,13,17,20H,4,11-12,14-15H2,1-3H3/t17-,20+/m1/s1. The molecule has 0 aromatic heterocycles. The number of sulfone groups is 1. The summed E-state index contributed by atoms with van der Waals surface area (Å²) in [5, 5.41) is 0.634. The Morgan fingerprint density at radius 2 is 1.87 bits per heavy atom. The zero-order valence-corrected chi connectivity index (χ0v) is 19.2. The first-order chi connectivity index (χ1) is 14.2. The van der Waals surface area contributed by atoms with Gasteiger partial charge in [-0.1, -0.05) is 42.8 Å². The molecule has 7 heteroatoms. The van der Waals surface area contributed by atoms with Gasteiger partial charge in [-0.3, -0.25) is 4.79 Å². The topological polar surface area (TPSA) is 63.7 Å². The van der Waals surface area contributed by atoms with Gasteiger partial charge in [0.1, 0.15) is 5.75 Å². The van der Waals surface area contributed by atoms with E-state index in [1.54, 1.807) is 30.0 Å². The molecular weight excluding hydrogens is 422 g/mol. The van der Waals surface area contributed by atoms with Gasteiger partial charge in [0.05, 0.1) is 11.5 Å². The smallest absolute Gasteiger partial charge is 0.263 e. The molecule has 0 bridgehead atoms. The summed E-state index contributed by atoms with van der Waals surface area (Å²) in [4.78, 5) is 15.0. The summed E-state index contributed by atoms with van der Waals surface area (Å²) in [5.74, 6) is 0.453. The lowest BCUT2D eigenvalue weighted by Crippen LogP contribution is -2.46. The first-order valence-electron chi connectivity index (χ1n) is 10.2. The maximum atomic E-state index is 13.3. The molecule has 2 atom stereocenters. The van der Waals surface area contributed by atoms with Crippen molar-refractivity contribution in [3.05, 3.63) is 64.2 Å². The molecule has 1 saturated heterocycles. The van der Waals surface area contributed by atoms with Crippen molar-refractivity contribution in [2.45, 2.75) is 52.3 Å². The van der Waals surface area contributed by atoms with Gasteiger partial charge in [-0.25, -0.2) is 8.42 Å². The highest BCUT2D eigenvalue weighted by Gasteiger charge is 2.36. The third-order valence-electron chi connectivity index (χ3n) is 5.51. The number of amides is 1. The van der Waals surface area contributed by atoms with Crippen molar-refractivity contribution in [1.29, 1.82) is 0 Å². The second-order valence-corrected chi connectivity index (χ2v) is 10.5. The number of hydrogen-bond donors (Lipinski definition) is 0. The number of rotatable bonds is 7. The first kappa shape index (κ1) is 22.6. The van der Waals surface area contributed by atoms with E-state index in [0.717, 1.165) is 17.5 Å². The van der Waals surface area contributed by atoms with E-state index in [1.165, 1.54) is 5.56 Å². The van der Waals surface area contributed by atoms with Gasteiger partial charge in [0, 0.05) is 17.6 Å². The summed E-state index contributed by atoms with van der Waals surface area (Å²) in [6, 6.07) is 13.0. The minimum atomic E-state index is -3.12. The SMILES string of the molecule is CCc1ccc(CN(C(=O)[C@@H](C)Oc2ccc(Cl)c(C)c2)[C@H]2CCS(=O)(=O)C2)cc1. The molecule has 1 heterocycles. The van der Waals surface area contributed by atoms with Crippen molar-refractivity contribution in [2.75, 3.05) is 11.5 Å². The summed E-state index contributed by atoms with van der Waals surface area (Å²) in [7, 11) is -3.12. The molecule has 0 spiro atoms. The summed E-state index contributed by atoms with van der Waals surface area (Å²) in [6.07, 6.45) is 0.645. The minimum Gasteiger partial charge on any atom is -0.481 e. The highest BCUT2D eigenvalue weighted by molar-refractivity contribution is 7.91. The Morgan fingerprint density at radius 1 is 1.20 bits per heavy atom. The molecule has 5 nitrogen and oxygen atoms in total. The fourth-order valence-electron chi connectivity index (χ4n) is 3.66. The highest BCUT2D eigenvalue weighted by atomic mass is 35.5. The molecule has 1 amide bonds. The monoisotopic (exact) mass is 449 g/mol. The third-order valence-corrected chi connectivity index (χ3v) is 7.68. The van der Waals surface area contributed by atoms with Crippen molar-refractivity contribution in [1.82, 2.24) is 4.90 Å². The average Bonchev–Trinajstić information content (AvgIpc) is 3.08. The molecule has 0 unspecified atom stereocenters. The predicted molar refractivity (Wildman–Crippen MR) is 120 cm³/mol. The van der Waals surface area contributed by atoms with Crippen LogP contribution in [0.15, 0.2) is 42.5 Å². The van der Waals surface area contributed by atoms with Gasteiger partial charge in [-0.2, -0.15) is 0 Å². The fraction of sp³-hybridized carbons (Fsp3) is 0.435. The van der Waals surface area contributed by atoms with Crippen LogP contribution in [-0.4, -0.2) is 42.9 Å². The van der Waals surface area contributed by atoms with Crippen molar-refractivity contribution in [2.24, 2.45) is 0 Å². The van der Waals surface area contributed by atoms with Gasteiger partial charge in [0.2, 0.25) is 0 Å². The van der Waals surface area contributed by atoms with E-state index in [4.69, 9.17) is 16.3 Å². The molecule has 1 aliphatic rings. The quantitative estimate of drug-likeness (QED) is 0.635. The van der Waals surface area contributed by atoms with Crippen molar-refractivity contribution in [3.63, 3.8) is 0 Å². The van der Waals surface area contributed by atoms with Gasteiger partial charge < -0.3 is 9.64 Å². The molecular formula is C23H28ClNO4S. The number of nitrogens with zero attached hydrogens (tertiary/aromatic N) is 1. The van der Waals surface area contributed by atoms with E-state index in [0.29, 0.717) is 23.7 Å². The first-order valence-corrected chi connectivity index (χ1v) is 12.4. The molecule has 30 heavy (non-hydrogen) atoms. The Balaban J connectivity index is 1.80. The van der Waals surface area contributed by atoms with Crippen LogP contribution < -0.4 is 4.74 Å². The van der Waals surface area contributed by atoms with Crippen LogP contribution in [0.2, 0.25) is 5.02 Å². The molecule has 1 aliphatic heterocycles.